The zero-order valence-corrected chi connectivity index (χ0v) is 10.5. The third kappa shape index (κ3) is 3.75. The molecule has 102 valence electrons. The predicted octanol–water partition coefficient (Wildman–Crippen LogP) is 1.68. The Morgan fingerprint density at radius 2 is 2.32 bits per heavy atom. The van der Waals surface area contributed by atoms with Crippen LogP contribution < -0.4 is 5.32 Å². The van der Waals surface area contributed by atoms with Gasteiger partial charge in [-0.25, -0.2) is 9.78 Å². The van der Waals surface area contributed by atoms with Crippen molar-refractivity contribution in [3.63, 3.8) is 0 Å². The van der Waals surface area contributed by atoms with Gasteiger partial charge in [0.05, 0.1) is 12.5 Å². The monoisotopic (exact) mass is 264 g/mol. The molecule has 1 atom stereocenters. The average molecular weight is 264 g/mol. The molecule has 0 spiro atoms. The molecular weight excluding hydrogens is 248 g/mol. The number of pyridine rings is 1. The van der Waals surface area contributed by atoms with Gasteiger partial charge in [-0.1, -0.05) is 0 Å². The second-order valence-corrected chi connectivity index (χ2v) is 4.45. The summed E-state index contributed by atoms with van der Waals surface area (Å²) in [5.41, 5.74) is -0.0135. The Bertz CT molecular complexity index is 469. The summed E-state index contributed by atoms with van der Waals surface area (Å²) in [6, 6.07) is 2.92. The molecule has 2 rings (SSSR count). The fraction of sp³-hybridized carbons (Fsp3) is 0.462. The smallest absolute Gasteiger partial charge is 0.339 e. The first-order valence-electron chi connectivity index (χ1n) is 6.26. The van der Waals surface area contributed by atoms with Crippen LogP contribution in [0.15, 0.2) is 18.3 Å². The zero-order chi connectivity index (χ0) is 13.7. The molecule has 1 aliphatic rings. The van der Waals surface area contributed by atoms with E-state index in [1.807, 2.05) is 0 Å². The molecule has 1 aromatic heterocycles. The third-order valence-corrected chi connectivity index (χ3v) is 2.98. The fourth-order valence-corrected chi connectivity index (χ4v) is 2.04. The summed E-state index contributed by atoms with van der Waals surface area (Å²) in [5.74, 6) is -1.30. The van der Waals surface area contributed by atoms with Gasteiger partial charge in [-0.2, -0.15) is 0 Å². The molecule has 0 bridgehead atoms. The number of hydrogen-bond donors (Lipinski definition) is 2. The highest BCUT2D eigenvalue weighted by Crippen LogP contribution is 2.17. The number of nitrogens with one attached hydrogen (secondary N) is 1. The van der Waals surface area contributed by atoms with E-state index in [1.54, 1.807) is 0 Å². The Balaban J connectivity index is 1.96. The van der Waals surface area contributed by atoms with E-state index >= 15 is 0 Å². The summed E-state index contributed by atoms with van der Waals surface area (Å²) >= 11 is 0. The first-order chi connectivity index (χ1) is 9.16. The number of hydrogen-bond acceptors (Lipinski definition) is 4. The summed E-state index contributed by atoms with van der Waals surface area (Å²) < 4.78 is 5.47. The maximum Gasteiger partial charge on any atom is 0.339 e. The summed E-state index contributed by atoms with van der Waals surface area (Å²) in [6.07, 6.45) is 4.55. The lowest BCUT2D eigenvalue weighted by Crippen LogP contribution is -2.26. The van der Waals surface area contributed by atoms with E-state index in [0.717, 1.165) is 19.3 Å². The van der Waals surface area contributed by atoms with Crippen LogP contribution in [0.2, 0.25) is 0 Å². The van der Waals surface area contributed by atoms with Gasteiger partial charge in [-0.15, -0.1) is 0 Å². The molecule has 6 heteroatoms. The van der Waals surface area contributed by atoms with Gasteiger partial charge in [-0.3, -0.25) is 4.79 Å². The lowest BCUT2D eigenvalue weighted by atomic mass is 10.1. The van der Waals surface area contributed by atoms with Crippen molar-refractivity contribution in [1.29, 1.82) is 0 Å². The Labute approximate surface area is 110 Å². The number of carboxylic acid groups (broad SMARTS) is 1. The van der Waals surface area contributed by atoms with Gasteiger partial charge in [0, 0.05) is 12.8 Å². The molecule has 19 heavy (non-hydrogen) atoms. The molecule has 6 nitrogen and oxygen atoms in total. The molecule has 1 aliphatic heterocycles. The van der Waals surface area contributed by atoms with Crippen LogP contribution in [0.1, 0.15) is 36.0 Å². The Hall–Kier alpha value is -1.95. The van der Waals surface area contributed by atoms with Gasteiger partial charge in [0.25, 0.3) is 0 Å². The van der Waals surface area contributed by atoms with E-state index in [-0.39, 0.29) is 29.8 Å². The van der Waals surface area contributed by atoms with Gasteiger partial charge in [-0.05, 0) is 31.4 Å². The first-order valence-corrected chi connectivity index (χ1v) is 6.26. The number of aromatic carboxylic acids is 1. The predicted molar refractivity (Wildman–Crippen MR) is 68.0 cm³/mol. The van der Waals surface area contributed by atoms with Crippen molar-refractivity contribution in [3.8, 4) is 0 Å². The number of rotatable bonds is 4. The molecule has 0 radical (unpaired) electrons. The van der Waals surface area contributed by atoms with E-state index in [4.69, 9.17) is 9.84 Å². The van der Waals surface area contributed by atoms with Crippen molar-refractivity contribution < 1.29 is 19.4 Å². The van der Waals surface area contributed by atoms with Gasteiger partial charge in [0.15, 0.2) is 0 Å². The highest BCUT2D eigenvalue weighted by atomic mass is 16.5. The molecule has 0 saturated carbocycles. The minimum atomic E-state index is -1.11. The van der Waals surface area contributed by atoms with Gasteiger partial charge >= 0.3 is 5.97 Å². The van der Waals surface area contributed by atoms with Crippen molar-refractivity contribution >= 4 is 17.7 Å². The maximum atomic E-state index is 11.8. The highest BCUT2D eigenvalue weighted by Gasteiger charge is 2.19. The molecule has 1 fully saturated rings. The van der Waals surface area contributed by atoms with E-state index in [2.05, 4.69) is 10.3 Å². The highest BCUT2D eigenvalue weighted by molar-refractivity contribution is 5.99. The molecule has 1 amide bonds. The van der Waals surface area contributed by atoms with E-state index in [0.29, 0.717) is 6.61 Å². The molecule has 0 aromatic carbocycles. The standard InChI is InChI=1S/C13H16N2O4/c16-11(8-9-4-1-2-7-19-9)15-12-10(13(17)18)5-3-6-14-12/h3,5-6,9H,1-2,4,7-8H2,(H,17,18)(H,14,15,16). The van der Waals surface area contributed by atoms with Crippen molar-refractivity contribution in [2.75, 3.05) is 11.9 Å². The van der Waals surface area contributed by atoms with Crippen LogP contribution >= 0.6 is 0 Å². The number of carboxylic acids is 1. The second-order valence-electron chi connectivity index (χ2n) is 4.45. The molecule has 1 saturated heterocycles. The number of amides is 1. The maximum absolute atomic E-state index is 11.8. The Kier molecular flexibility index (Phi) is 4.46. The molecule has 1 unspecified atom stereocenters. The van der Waals surface area contributed by atoms with Crippen molar-refractivity contribution in [2.45, 2.75) is 31.8 Å². The topological polar surface area (TPSA) is 88.5 Å². The normalized spacial score (nSPS) is 18.8. The van der Waals surface area contributed by atoms with E-state index in [9.17, 15) is 9.59 Å². The van der Waals surface area contributed by atoms with E-state index in [1.165, 1.54) is 18.3 Å². The third-order valence-electron chi connectivity index (χ3n) is 2.98. The number of carbonyl (C=O) groups excluding carboxylic acids is 1. The second kappa shape index (κ2) is 6.29. The van der Waals surface area contributed by atoms with Crippen molar-refractivity contribution in [1.82, 2.24) is 4.98 Å². The van der Waals surface area contributed by atoms with Crippen LogP contribution in [0, 0.1) is 0 Å². The van der Waals surface area contributed by atoms with E-state index < -0.39 is 5.97 Å². The number of nitrogens with zero attached hydrogens (tertiary/aromatic N) is 1. The quantitative estimate of drug-likeness (QED) is 0.863. The molecule has 2 heterocycles. The molecule has 1 aromatic rings. The summed E-state index contributed by atoms with van der Waals surface area (Å²) in [4.78, 5) is 26.7. The van der Waals surface area contributed by atoms with Crippen molar-refractivity contribution in [2.24, 2.45) is 0 Å². The SMILES string of the molecule is O=C(CC1CCCCO1)Nc1ncccc1C(=O)O. The largest absolute Gasteiger partial charge is 0.478 e. The van der Waals surface area contributed by atoms with Crippen LogP contribution in [-0.4, -0.2) is 34.7 Å². The molecule has 0 aliphatic carbocycles. The minimum absolute atomic E-state index is 0.0135. The van der Waals surface area contributed by atoms with Crippen LogP contribution in [-0.2, 0) is 9.53 Å². The average Bonchev–Trinajstić information content (AvgIpc) is 2.40. The number of carbonyl (C=O) groups is 2. The van der Waals surface area contributed by atoms with Crippen LogP contribution in [0.3, 0.4) is 0 Å². The molecule has 2 N–H and O–H groups in total. The van der Waals surface area contributed by atoms with Gasteiger partial charge in [0.2, 0.25) is 5.91 Å². The fourth-order valence-electron chi connectivity index (χ4n) is 2.04. The minimum Gasteiger partial charge on any atom is -0.478 e. The van der Waals surface area contributed by atoms with Crippen LogP contribution in [0.4, 0.5) is 5.82 Å². The van der Waals surface area contributed by atoms with Crippen molar-refractivity contribution in [3.05, 3.63) is 23.9 Å². The molecular formula is C13H16N2O4. The summed E-state index contributed by atoms with van der Waals surface area (Å²) in [5, 5.41) is 11.5. The van der Waals surface area contributed by atoms with Crippen LogP contribution in [0.25, 0.3) is 0 Å². The lowest BCUT2D eigenvalue weighted by Gasteiger charge is -2.21. The summed E-state index contributed by atoms with van der Waals surface area (Å²) in [7, 11) is 0. The number of ether oxygens (including phenoxy) is 1. The Morgan fingerprint density at radius 3 is 3.00 bits per heavy atom. The number of anilines is 1. The first kappa shape index (κ1) is 13.5. The number of aromatic nitrogens is 1. The van der Waals surface area contributed by atoms with Gasteiger partial charge in [0.1, 0.15) is 11.4 Å². The van der Waals surface area contributed by atoms with Crippen LogP contribution in [0.5, 0.6) is 0 Å². The van der Waals surface area contributed by atoms with Gasteiger partial charge < -0.3 is 15.2 Å². The lowest BCUT2D eigenvalue weighted by molar-refractivity contribution is -0.119. The Morgan fingerprint density at radius 1 is 1.47 bits per heavy atom. The summed E-state index contributed by atoms with van der Waals surface area (Å²) in [6.45, 7) is 0.682. The zero-order valence-electron chi connectivity index (χ0n) is 10.5.